The fourth-order valence-corrected chi connectivity index (χ4v) is 3.76. The molecule has 1 heterocycles. The van der Waals surface area contributed by atoms with Crippen molar-refractivity contribution in [2.24, 2.45) is 0 Å². The molecule has 2 aromatic carbocycles. The third-order valence-corrected chi connectivity index (χ3v) is 4.70. The van der Waals surface area contributed by atoms with Gasteiger partial charge in [-0.05, 0) is 41.0 Å². The zero-order valence-corrected chi connectivity index (χ0v) is 14.2. The summed E-state index contributed by atoms with van der Waals surface area (Å²) in [5.74, 6) is 0.542. The van der Waals surface area contributed by atoms with Gasteiger partial charge >= 0.3 is 0 Å². The normalized spacial score (nSPS) is 14.7. The molecule has 110 valence electrons. The lowest BCUT2D eigenvalue weighted by atomic mass is 9.99. The Morgan fingerprint density at radius 2 is 2.05 bits per heavy atom. The maximum Gasteiger partial charge on any atom is 0.125 e. The Labute approximate surface area is 139 Å². The van der Waals surface area contributed by atoms with Gasteiger partial charge < -0.3 is 9.84 Å². The van der Waals surface area contributed by atoms with Crippen LogP contribution < -0.4 is 4.74 Å². The van der Waals surface area contributed by atoms with E-state index in [4.69, 9.17) is 4.74 Å². The molecule has 2 aromatic rings. The Kier molecular flexibility index (Phi) is 4.33. The molecule has 0 fully saturated rings. The molecule has 1 aliphatic rings. The first-order chi connectivity index (χ1) is 10.0. The second-order valence-electron chi connectivity index (χ2n) is 5.04. The Hall–Kier alpha value is -0.910. The number of ether oxygens (including phenoxy) is 1. The van der Waals surface area contributed by atoms with Crippen LogP contribution in [0.5, 0.6) is 5.75 Å². The highest BCUT2D eigenvalue weighted by atomic mass is 79.9. The minimum atomic E-state index is -0.720. The molecule has 0 amide bonds. The fraction of sp³-hybridized carbons (Fsp3) is 0.250. The summed E-state index contributed by atoms with van der Waals surface area (Å²) in [6.07, 6.45) is 0.590. The van der Waals surface area contributed by atoms with Gasteiger partial charge in [-0.25, -0.2) is 4.39 Å². The van der Waals surface area contributed by atoms with Gasteiger partial charge in [0.1, 0.15) is 11.6 Å². The van der Waals surface area contributed by atoms with Crippen molar-refractivity contribution < 1.29 is 14.2 Å². The van der Waals surface area contributed by atoms with Gasteiger partial charge in [0.05, 0.1) is 12.7 Å². The summed E-state index contributed by atoms with van der Waals surface area (Å²) in [4.78, 5) is 0. The summed E-state index contributed by atoms with van der Waals surface area (Å²) in [6.45, 7) is 0.676. The lowest BCUT2D eigenvalue weighted by molar-refractivity contribution is 0.176. The third kappa shape index (κ3) is 3.15. The highest BCUT2D eigenvalue weighted by Gasteiger charge is 2.21. The Bertz CT molecular complexity index is 688. The summed E-state index contributed by atoms with van der Waals surface area (Å²) in [5, 5.41) is 10.4. The van der Waals surface area contributed by atoms with E-state index in [0.717, 1.165) is 27.8 Å². The first-order valence-corrected chi connectivity index (χ1v) is 8.20. The monoisotopic (exact) mass is 414 g/mol. The van der Waals surface area contributed by atoms with Crippen molar-refractivity contribution in [2.45, 2.75) is 18.9 Å². The van der Waals surface area contributed by atoms with E-state index in [1.807, 2.05) is 12.1 Å². The van der Waals surface area contributed by atoms with E-state index in [9.17, 15) is 9.50 Å². The van der Waals surface area contributed by atoms with Crippen LogP contribution in [-0.4, -0.2) is 11.7 Å². The van der Waals surface area contributed by atoms with Gasteiger partial charge in [0.15, 0.2) is 0 Å². The number of hydrogen-bond acceptors (Lipinski definition) is 2. The molecule has 1 unspecified atom stereocenters. The minimum Gasteiger partial charge on any atom is -0.493 e. The first-order valence-electron chi connectivity index (χ1n) is 6.61. The van der Waals surface area contributed by atoms with E-state index >= 15 is 0 Å². The van der Waals surface area contributed by atoms with Crippen molar-refractivity contribution in [3.05, 3.63) is 61.8 Å². The number of hydrogen-bond donors (Lipinski definition) is 1. The number of halogens is 3. The van der Waals surface area contributed by atoms with Gasteiger partial charge in [-0.15, -0.1) is 0 Å². The SMILES string of the molecule is OC(Cc1cc(Br)cc2c1OCC2)c1ccc(F)cc1Br. The molecular weight excluding hydrogens is 403 g/mol. The molecule has 0 aliphatic carbocycles. The molecular formula is C16H13Br2FO2. The average molecular weight is 416 g/mol. The van der Waals surface area contributed by atoms with Gasteiger partial charge in [0, 0.05) is 21.8 Å². The minimum absolute atomic E-state index is 0.329. The van der Waals surface area contributed by atoms with Crippen LogP contribution in [0.2, 0.25) is 0 Å². The molecule has 3 rings (SSSR count). The van der Waals surface area contributed by atoms with Gasteiger partial charge in [0.25, 0.3) is 0 Å². The highest BCUT2D eigenvalue weighted by molar-refractivity contribution is 9.10. The molecule has 0 aromatic heterocycles. The van der Waals surface area contributed by atoms with E-state index in [1.54, 1.807) is 6.07 Å². The van der Waals surface area contributed by atoms with E-state index < -0.39 is 6.10 Å². The molecule has 0 saturated heterocycles. The van der Waals surface area contributed by atoms with Crippen molar-refractivity contribution in [1.29, 1.82) is 0 Å². The van der Waals surface area contributed by atoms with E-state index in [2.05, 4.69) is 31.9 Å². The second kappa shape index (κ2) is 6.07. The highest BCUT2D eigenvalue weighted by Crippen LogP contribution is 2.36. The molecule has 0 spiro atoms. The van der Waals surface area contributed by atoms with Crippen molar-refractivity contribution in [2.75, 3.05) is 6.61 Å². The predicted molar refractivity (Wildman–Crippen MR) is 86.1 cm³/mol. The van der Waals surface area contributed by atoms with Crippen LogP contribution in [-0.2, 0) is 12.8 Å². The molecule has 1 N–H and O–H groups in total. The third-order valence-electron chi connectivity index (χ3n) is 3.56. The second-order valence-corrected chi connectivity index (χ2v) is 6.81. The smallest absolute Gasteiger partial charge is 0.125 e. The molecule has 21 heavy (non-hydrogen) atoms. The summed E-state index contributed by atoms with van der Waals surface area (Å²) in [7, 11) is 0. The Morgan fingerprint density at radius 3 is 2.81 bits per heavy atom. The molecule has 2 nitrogen and oxygen atoms in total. The van der Waals surface area contributed by atoms with E-state index in [0.29, 0.717) is 23.1 Å². The van der Waals surface area contributed by atoms with Gasteiger partial charge in [0.2, 0.25) is 0 Å². The molecule has 0 bridgehead atoms. The number of aliphatic hydroxyl groups excluding tert-OH is 1. The maximum atomic E-state index is 13.1. The molecule has 0 saturated carbocycles. The lowest BCUT2D eigenvalue weighted by Gasteiger charge is -2.15. The molecule has 1 aliphatic heterocycles. The quantitative estimate of drug-likeness (QED) is 0.796. The van der Waals surface area contributed by atoms with Crippen LogP contribution in [0.1, 0.15) is 22.8 Å². The lowest BCUT2D eigenvalue weighted by Crippen LogP contribution is -2.04. The first kappa shape index (κ1) is 15.0. The van der Waals surface area contributed by atoms with Crippen molar-refractivity contribution >= 4 is 31.9 Å². The molecule has 1 atom stereocenters. The fourth-order valence-electron chi connectivity index (χ4n) is 2.59. The summed E-state index contributed by atoms with van der Waals surface area (Å²) < 4.78 is 20.4. The van der Waals surface area contributed by atoms with Gasteiger partial charge in [-0.1, -0.05) is 37.9 Å². The average Bonchev–Trinajstić information content (AvgIpc) is 2.86. The van der Waals surface area contributed by atoms with Gasteiger partial charge in [-0.2, -0.15) is 0 Å². The molecule has 0 radical (unpaired) electrons. The Balaban J connectivity index is 1.90. The summed E-state index contributed by atoms with van der Waals surface area (Å²) >= 11 is 6.79. The van der Waals surface area contributed by atoms with E-state index in [-0.39, 0.29) is 5.82 Å². The van der Waals surface area contributed by atoms with Crippen LogP contribution >= 0.6 is 31.9 Å². The van der Waals surface area contributed by atoms with Crippen molar-refractivity contribution in [3.63, 3.8) is 0 Å². The van der Waals surface area contributed by atoms with E-state index in [1.165, 1.54) is 12.1 Å². The number of benzene rings is 2. The number of aliphatic hydroxyl groups is 1. The summed E-state index contributed by atoms with van der Waals surface area (Å²) in [5.41, 5.74) is 2.79. The Morgan fingerprint density at radius 1 is 1.24 bits per heavy atom. The number of fused-ring (bicyclic) bond motifs is 1. The van der Waals surface area contributed by atoms with Crippen LogP contribution in [0.4, 0.5) is 4.39 Å². The predicted octanol–water partition coefficient (Wildman–Crippen LogP) is 4.56. The van der Waals surface area contributed by atoms with Crippen LogP contribution in [0.15, 0.2) is 39.3 Å². The zero-order valence-electron chi connectivity index (χ0n) is 11.1. The standard InChI is InChI=1S/C16H13Br2FO2/c17-11-5-9-3-4-21-16(9)10(6-11)7-15(20)13-2-1-12(19)8-14(13)18/h1-2,5-6,8,15,20H,3-4,7H2. The van der Waals surface area contributed by atoms with Crippen LogP contribution in [0, 0.1) is 5.82 Å². The maximum absolute atomic E-state index is 13.1. The van der Waals surface area contributed by atoms with Crippen molar-refractivity contribution in [1.82, 2.24) is 0 Å². The number of rotatable bonds is 3. The van der Waals surface area contributed by atoms with Gasteiger partial charge in [-0.3, -0.25) is 0 Å². The zero-order chi connectivity index (χ0) is 15.0. The largest absolute Gasteiger partial charge is 0.493 e. The summed E-state index contributed by atoms with van der Waals surface area (Å²) in [6, 6.07) is 8.32. The van der Waals surface area contributed by atoms with Crippen LogP contribution in [0.25, 0.3) is 0 Å². The van der Waals surface area contributed by atoms with Crippen molar-refractivity contribution in [3.8, 4) is 5.75 Å². The molecule has 5 heteroatoms. The topological polar surface area (TPSA) is 29.5 Å². The van der Waals surface area contributed by atoms with Crippen LogP contribution in [0.3, 0.4) is 0 Å².